The molecule has 0 unspecified atom stereocenters. The molecule has 0 bridgehead atoms. The number of alkyl halides is 1. The highest BCUT2D eigenvalue weighted by molar-refractivity contribution is 6.16. The first-order valence-electron chi connectivity index (χ1n) is 3.78. The Labute approximate surface area is 92.1 Å². The van der Waals surface area contributed by atoms with Gasteiger partial charge in [-0.2, -0.15) is 5.26 Å². The van der Waals surface area contributed by atoms with Gasteiger partial charge in [-0.3, -0.25) is 0 Å². The van der Waals surface area contributed by atoms with Crippen LogP contribution in [0.3, 0.4) is 0 Å². The fourth-order valence-corrected chi connectivity index (χ4v) is 1.32. The van der Waals surface area contributed by atoms with Crippen LogP contribution in [-0.4, -0.2) is 9.97 Å². The van der Waals surface area contributed by atoms with Crippen LogP contribution < -0.4 is 0 Å². The zero-order valence-electron chi connectivity index (χ0n) is 7.12. The molecular weight excluding hydrogens is 221 g/mol. The molecule has 0 aliphatic rings. The quantitative estimate of drug-likeness (QED) is 0.762. The number of nitriles is 1. The standard InChI is InChI=1S/C9H6ClN3.ClH/c10-4-9-12-7-2-1-6(5-11)3-8(7)13-9;/h1-3H,4H2,(H,12,13);1H. The van der Waals surface area contributed by atoms with Crippen LogP contribution in [0.5, 0.6) is 0 Å². The van der Waals surface area contributed by atoms with E-state index in [1.807, 2.05) is 0 Å². The van der Waals surface area contributed by atoms with Crippen molar-refractivity contribution in [3.05, 3.63) is 29.6 Å². The second-order valence-corrected chi connectivity index (χ2v) is 2.93. The Bertz CT molecular complexity index is 484. The zero-order chi connectivity index (χ0) is 9.26. The molecule has 0 saturated carbocycles. The molecule has 0 radical (unpaired) electrons. The molecule has 1 N–H and O–H groups in total. The number of nitrogens with one attached hydrogen (secondary N) is 1. The van der Waals surface area contributed by atoms with E-state index in [1.165, 1.54) is 0 Å². The van der Waals surface area contributed by atoms with Gasteiger partial charge in [0.05, 0.1) is 28.5 Å². The Morgan fingerprint density at radius 3 is 2.93 bits per heavy atom. The number of hydrogen-bond donors (Lipinski definition) is 1. The first-order chi connectivity index (χ1) is 6.33. The summed E-state index contributed by atoms with van der Waals surface area (Å²) in [5.41, 5.74) is 2.32. The minimum atomic E-state index is 0. The van der Waals surface area contributed by atoms with E-state index >= 15 is 0 Å². The fourth-order valence-electron chi connectivity index (χ4n) is 1.20. The molecule has 5 heteroatoms. The number of hydrogen-bond acceptors (Lipinski definition) is 2. The van der Waals surface area contributed by atoms with Crippen LogP contribution in [0.15, 0.2) is 18.2 Å². The minimum absolute atomic E-state index is 0. The van der Waals surface area contributed by atoms with Gasteiger partial charge in [-0.05, 0) is 18.2 Å². The fraction of sp³-hybridized carbons (Fsp3) is 0.111. The van der Waals surface area contributed by atoms with Crippen LogP contribution in [0.4, 0.5) is 0 Å². The van der Waals surface area contributed by atoms with Crippen molar-refractivity contribution in [1.29, 1.82) is 5.26 Å². The van der Waals surface area contributed by atoms with Crippen molar-refractivity contribution in [2.45, 2.75) is 5.88 Å². The summed E-state index contributed by atoms with van der Waals surface area (Å²) in [7, 11) is 0. The average Bonchev–Trinajstić information content (AvgIpc) is 2.58. The molecule has 0 saturated heterocycles. The van der Waals surface area contributed by atoms with Gasteiger partial charge in [-0.15, -0.1) is 24.0 Å². The van der Waals surface area contributed by atoms with Gasteiger partial charge < -0.3 is 4.98 Å². The first kappa shape index (κ1) is 10.8. The van der Waals surface area contributed by atoms with E-state index < -0.39 is 0 Å². The van der Waals surface area contributed by atoms with Gasteiger partial charge in [0.1, 0.15) is 5.82 Å². The SMILES string of the molecule is Cl.N#Cc1ccc2nc(CCl)[nH]c2c1. The van der Waals surface area contributed by atoms with Crippen LogP contribution >= 0.6 is 24.0 Å². The Hall–Kier alpha value is -1.24. The number of benzene rings is 1. The van der Waals surface area contributed by atoms with Crippen molar-refractivity contribution >= 4 is 35.0 Å². The number of rotatable bonds is 1. The predicted octanol–water partition coefficient (Wildman–Crippen LogP) is 2.60. The molecule has 3 nitrogen and oxygen atoms in total. The molecule has 72 valence electrons. The summed E-state index contributed by atoms with van der Waals surface area (Å²) in [4.78, 5) is 7.24. The molecule has 0 amide bonds. The summed E-state index contributed by atoms with van der Waals surface area (Å²) < 4.78 is 0. The van der Waals surface area contributed by atoms with E-state index in [4.69, 9.17) is 16.9 Å². The molecule has 2 rings (SSSR count). The maximum atomic E-state index is 8.65. The van der Waals surface area contributed by atoms with Gasteiger partial charge in [0.25, 0.3) is 0 Å². The number of imidazole rings is 1. The summed E-state index contributed by atoms with van der Waals surface area (Å²) in [6.45, 7) is 0. The maximum Gasteiger partial charge on any atom is 0.122 e. The topological polar surface area (TPSA) is 52.5 Å². The molecule has 0 spiro atoms. The lowest BCUT2D eigenvalue weighted by Crippen LogP contribution is -1.77. The number of halogens is 2. The van der Waals surface area contributed by atoms with Gasteiger partial charge in [0.15, 0.2) is 0 Å². The van der Waals surface area contributed by atoms with Gasteiger partial charge in [-0.25, -0.2) is 4.98 Å². The maximum absolute atomic E-state index is 8.65. The molecular formula is C9H7Cl2N3. The molecule has 0 fully saturated rings. The van der Waals surface area contributed by atoms with Crippen molar-refractivity contribution in [3.63, 3.8) is 0 Å². The lowest BCUT2D eigenvalue weighted by molar-refractivity contribution is 1.13. The van der Waals surface area contributed by atoms with Crippen molar-refractivity contribution in [1.82, 2.24) is 9.97 Å². The number of fused-ring (bicyclic) bond motifs is 1. The molecule has 14 heavy (non-hydrogen) atoms. The van der Waals surface area contributed by atoms with Crippen LogP contribution in [0.25, 0.3) is 11.0 Å². The summed E-state index contributed by atoms with van der Waals surface area (Å²) >= 11 is 5.61. The molecule has 1 aromatic carbocycles. The Morgan fingerprint density at radius 2 is 2.29 bits per heavy atom. The third-order valence-corrected chi connectivity index (χ3v) is 2.04. The second-order valence-electron chi connectivity index (χ2n) is 2.66. The lowest BCUT2D eigenvalue weighted by Gasteiger charge is -1.87. The second kappa shape index (κ2) is 4.32. The molecule has 2 aromatic rings. The largest absolute Gasteiger partial charge is 0.341 e. The lowest BCUT2D eigenvalue weighted by atomic mass is 10.2. The molecule has 0 aliphatic heterocycles. The van der Waals surface area contributed by atoms with E-state index in [2.05, 4.69) is 16.0 Å². The Kier molecular flexibility index (Phi) is 3.34. The minimum Gasteiger partial charge on any atom is -0.341 e. The van der Waals surface area contributed by atoms with Crippen LogP contribution in [-0.2, 0) is 5.88 Å². The average molecular weight is 228 g/mol. The molecule has 1 aromatic heterocycles. The number of H-pyrrole nitrogens is 1. The van der Waals surface area contributed by atoms with Crippen molar-refractivity contribution < 1.29 is 0 Å². The smallest absolute Gasteiger partial charge is 0.122 e. The Morgan fingerprint density at radius 1 is 1.50 bits per heavy atom. The normalized spacial score (nSPS) is 9.43. The molecule has 0 atom stereocenters. The van der Waals surface area contributed by atoms with Gasteiger partial charge in [0.2, 0.25) is 0 Å². The summed E-state index contributed by atoms with van der Waals surface area (Å²) in [6.07, 6.45) is 0. The third kappa shape index (κ3) is 1.82. The molecule has 1 heterocycles. The van der Waals surface area contributed by atoms with Gasteiger partial charge in [-0.1, -0.05) is 0 Å². The highest BCUT2D eigenvalue weighted by Gasteiger charge is 2.01. The van der Waals surface area contributed by atoms with Crippen molar-refractivity contribution in [2.24, 2.45) is 0 Å². The summed E-state index contributed by atoms with van der Waals surface area (Å²) in [5.74, 6) is 1.09. The van der Waals surface area contributed by atoms with E-state index in [1.54, 1.807) is 18.2 Å². The third-order valence-electron chi connectivity index (χ3n) is 1.79. The van der Waals surface area contributed by atoms with E-state index in [0.717, 1.165) is 16.9 Å². The van der Waals surface area contributed by atoms with Gasteiger partial charge >= 0.3 is 0 Å². The predicted molar refractivity (Wildman–Crippen MR) is 57.6 cm³/mol. The van der Waals surface area contributed by atoms with E-state index in [0.29, 0.717) is 11.4 Å². The Balaban J connectivity index is 0.000000980. The van der Waals surface area contributed by atoms with Gasteiger partial charge in [0, 0.05) is 0 Å². The summed E-state index contributed by atoms with van der Waals surface area (Å²) in [5, 5.41) is 8.65. The van der Waals surface area contributed by atoms with Crippen LogP contribution in [0.1, 0.15) is 11.4 Å². The van der Waals surface area contributed by atoms with Crippen molar-refractivity contribution in [2.75, 3.05) is 0 Å². The number of nitrogens with zero attached hydrogens (tertiary/aromatic N) is 2. The number of aromatic amines is 1. The summed E-state index contributed by atoms with van der Waals surface area (Å²) in [6, 6.07) is 7.37. The highest BCUT2D eigenvalue weighted by Crippen LogP contribution is 2.13. The number of aromatic nitrogens is 2. The van der Waals surface area contributed by atoms with E-state index in [-0.39, 0.29) is 12.4 Å². The monoisotopic (exact) mass is 227 g/mol. The van der Waals surface area contributed by atoms with Crippen LogP contribution in [0.2, 0.25) is 0 Å². The first-order valence-corrected chi connectivity index (χ1v) is 4.31. The molecule has 0 aliphatic carbocycles. The van der Waals surface area contributed by atoms with E-state index in [9.17, 15) is 0 Å². The highest BCUT2D eigenvalue weighted by atomic mass is 35.5. The zero-order valence-corrected chi connectivity index (χ0v) is 8.69. The van der Waals surface area contributed by atoms with Crippen molar-refractivity contribution in [3.8, 4) is 6.07 Å². The van der Waals surface area contributed by atoms with Crippen LogP contribution in [0, 0.1) is 11.3 Å².